The molecule has 2 saturated heterocycles. The molecule has 3 aliphatic heterocycles. The minimum Gasteiger partial charge on any atom is -0.481 e. The summed E-state index contributed by atoms with van der Waals surface area (Å²) in [7, 11) is 0. The number of halogens is 2. The Morgan fingerprint density at radius 2 is 1.78 bits per heavy atom. The highest BCUT2D eigenvalue weighted by molar-refractivity contribution is 6.34. The van der Waals surface area contributed by atoms with Gasteiger partial charge >= 0.3 is 12.1 Å². The van der Waals surface area contributed by atoms with Crippen LogP contribution in [0.4, 0.5) is 4.79 Å². The number of aliphatic carboxylic acids is 1. The second-order valence-corrected chi connectivity index (χ2v) is 11.1. The minimum atomic E-state index is -0.668. The molecule has 3 atom stereocenters. The number of aryl methyl sites for hydroxylation is 1. The van der Waals surface area contributed by atoms with Gasteiger partial charge in [0.15, 0.2) is 0 Å². The summed E-state index contributed by atoms with van der Waals surface area (Å²) >= 11 is 12.1. The highest BCUT2D eigenvalue weighted by atomic mass is 35.5. The third kappa shape index (κ3) is 5.36. The van der Waals surface area contributed by atoms with Gasteiger partial charge in [-0.15, -0.1) is 0 Å². The fraction of sp³-hybridized carbons (Fsp3) is 0.577. The molecule has 1 aromatic carbocycles. The van der Waals surface area contributed by atoms with Gasteiger partial charge in [0.1, 0.15) is 6.61 Å². The molecule has 5 rings (SSSR count). The number of amides is 1. The third-order valence-corrected chi connectivity index (χ3v) is 8.27. The largest absolute Gasteiger partial charge is 0.481 e. The Labute approximate surface area is 221 Å². The van der Waals surface area contributed by atoms with E-state index in [-0.39, 0.29) is 36.7 Å². The summed E-state index contributed by atoms with van der Waals surface area (Å²) < 4.78 is 7.57. The van der Waals surface area contributed by atoms with Gasteiger partial charge in [0.2, 0.25) is 0 Å². The maximum atomic E-state index is 12.9. The summed E-state index contributed by atoms with van der Waals surface area (Å²) in [4.78, 5) is 28.7. The molecule has 1 aromatic heterocycles. The summed E-state index contributed by atoms with van der Waals surface area (Å²) in [6.45, 7) is 4.05. The Morgan fingerprint density at radius 3 is 2.44 bits per heavy atom. The smallest absolute Gasteiger partial charge is 0.410 e. The van der Waals surface area contributed by atoms with Crippen molar-refractivity contribution in [3.05, 3.63) is 51.3 Å². The SMILES string of the molecule is CC(c1cc2n(n1)CCCN(C(=O)OCc1cc(Cl)cc(Cl)c1)C2)N1C2CCCC1CC(C(=O)O)C2. The van der Waals surface area contributed by atoms with Crippen molar-refractivity contribution < 1.29 is 19.4 Å². The predicted molar refractivity (Wildman–Crippen MR) is 136 cm³/mol. The predicted octanol–water partition coefficient (Wildman–Crippen LogP) is 5.51. The molecule has 36 heavy (non-hydrogen) atoms. The Bertz CT molecular complexity index is 1100. The van der Waals surface area contributed by atoms with E-state index in [0.717, 1.165) is 49.2 Å². The van der Waals surface area contributed by atoms with Crippen LogP contribution in [-0.4, -0.2) is 55.4 Å². The van der Waals surface area contributed by atoms with E-state index >= 15 is 0 Å². The van der Waals surface area contributed by atoms with Crippen LogP contribution in [0.25, 0.3) is 0 Å². The average molecular weight is 535 g/mol. The molecule has 1 N–H and O–H groups in total. The van der Waals surface area contributed by atoms with Gasteiger partial charge in [0.25, 0.3) is 0 Å². The fourth-order valence-corrected chi connectivity index (χ4v) is 6.75. The van der Waals surface area contributed by atoms with Crippen LogP contribution in [0.5, 0.6) is 0 Å². The van der Waals surface area contributed by atoms with E-state index in [1.807, 2.05) is 4.68 Å². The van der Waals surface area contributed by atoms with Crippen molar-refractivity contribution >= 4 is 35.3 Å². The van der Waals surface area contributed by atoms with Crippen LogP contribution in [0.2, 0.25) is 10.0 Å². The lowest BCUT2D eigenvalue weighted by molar-refractivity contribution is -0.147. The number of rotatable bonds is 5. The van der Waals surface area contributed by atoms with Crippen LogP contribution >= 0.6 is 23.2 Å². The van der Waals surface area contributed by atoms with Gasteiger partial charge in [-0.1, -0.05) is 29.6 Å². The number of carbonyl (C=O) groups is 2. The van der Waals surface area contributed by atoms with E-state index < -0.39 is 5.97 Å². The number of ether oxygens (including phenoxy) is 1. The quantitative estimate of drug-likeness (QED) is 0.543. The second kappa shape index (κ2) is 10.6. The molecule has 4 heterocycles. The minimum absolute atomic E-state index is 0.0995. The van der Waals surface area contributed by atoms with E-state index in [0.29, 0.717) is 36.0 Å². The van der Waals surface area contributed by atoms with Crippen molar-refractivity contribution in [3.8, 4) is 0 Å². The summed E-state index contributed by atoms with van der Waals surface area (Å²) in [5.74, 6) is -0.914. The number of carboxylic acid groups (broad SMARTS) is 1. The first-order valence-corrected chi connectivity index (χ1v) is 13.5. The molecule has 0 aliphatic carbocycles. The number of nitrogens with zero attached hydrogens (tertiary/aromatic N) is 4. The molecule has 0 spiro atoms. The van der Waals surface area contributed by atoms with Gasteiger partial charge in [0, 0.05) is 35.2 Å². The van der Waals surface area contributed by atoms with Crippen LogP contribution in [-0.2, 0) is 29.2 Å². The van der Waals surface area contributed by atoms with Crippen LogP contribution in [0.1, 0.15) is 68.4 Å². The summed E-state index contributed by atoms with van der Waals surface area (Å²) in [5.41, 5.74) is 2.72. The molecule has 0 saturated carbocycles. The highest BCUT2D eigenvalue weighted by Crippen LogP contribution is 2.42. The van der Waals surface area contributed by atoms with Crippen LogP contribution < -0.4 is 0 Å². The van der Waals surface area contributed by atoms with Gasteiger partial charge in [-0.3, -0.25) is 14.4 Å². The number of hydrogen-bond acceptors (Lipinski definition) is 5. The molecule has 0 radical (unpaired) electrons. The maximum Gasteiger partial charge on any atom is 0.410 e. The molecule has 10 heteroatoms. The van der Waals surface area contributed by atoms with Crippen molar-refractivity contribution in [2.45, 2.75) is 83.3 Å². The van der Waals surface area contributed by atoms with Crippen molar-refractivity contribution in [2.75, 3.05) is 6.54 Å². The highest BCUT2D eigenvalue weighted by Gasteiger charge is 2.43. The lowest BCUT2D eigenvalue weighted by Crippen LogP contribution is -2.54. The van der Waals surface area contributed by atoms with E-state index in [1.165, 1.54) is 0 Å². The molecular weight excluding hydrogens is 503 g/mol. The first-order valence-electron chi connectivity index (χ1n) is 12.7. The first-order chi connectivity index (χ1) is 17.3. The molecule has 8 nitrogen and oxygen atoms in total. The van der Waals surface area contributed by atoms with Crippen LogP contribution in [0.3, 0.4) is 0 Å². The van der Waals surface area contributed by atoms with Gasteiger partial charge < -0.3 is 14.7 Å². The zero-order chi connectivity index (χ0) is 25.4. The number of carboxylic acids is 1. The van der Waals surface area contributed by atoms with E-state index in [2.05, 4.69) is 17.9 Å². The van der Waals surface area contributed by atoms with Gasteiger partial charge in [0.05, 0.1) is 29.9 Å². The number of piperidine rings is 2. The molecule has 2 aromatic rings. The Balaban J connectivity index is 1.26. The van der Waals surface area contributed by atoms with Crippen molar-refractivity contribution in [1.29, 1.82) is 0 Å². The average Bonchev–Trinajstić information content (AvgIpc) is 3.11. The fourth-order valence-electron chi connectivity index (χ4n) is 6.18. The van der Waals surface area contributed by atoms with E-state index in [4.69, 9.17) is 33.0 Å². The number of fused-ring (bicyclic) bond motifs is 3. The van der Waals surface area contributed by atoms with Gasteiger partial charge in [-0.25, -0.2) is 4.79 Å². The zero-order valence-electron chi connectivity index (χ0n) is 20.4. The van der Waals surface area contributed by atoms with Crippen LogP contribution in [0.15, 0.2) is 24.3 Å². The monoisotopic (exact) mass is 534 g/mol. The summed E-state index contributed by atoms with van der Waals surface area (Å²) in [6.07, 6.45) is 5.06. The lowest BCUT2D eigenvalue weighted by Gasteiger charge is -2.50. The number of hydrogen-bond donors (Lipinski definition) is 1. The normalized spacial score (nSPS) is 25.1. The van der Waals surface area contributed by atoms with E-state index in [9.17, 15) is 14.7 Å². The molecule has 3 unspecified atom stereocenters. The third-order valence-electron chi connectivity index (χ3n) is 7.83. The molecule has 1 amide bonds. The van der Waals surface area contributed by atoms with Gasteiger partial charge in [-0.2, -0.15) is 5.10 Å². The topological polar surface area (TPSA) is 87.9 Å². The lowest BCUT2D eigenvalue weighted by atomic mass is 9.77. The Kier molecular flexibility index (Phi) is 7.47. The zero-order valence-corrected chi connectivity index (χ0v) is 21.9. The van der Waals surface area contributed by atoms with Crippen molar-refractivity contribution in [2.24, 2.45) is 5.92 Å². The van der Waals surface area contributed by atoms with Crippen molar-refractivity contribution in [3.63, 3.8) is 0 Å². The maximum absolute atomic E-state index is 12.9. The standard InChI is InChI=1S/C26H32Cl2N4O4/c1-16(32-21-4-2-5-22(32)11-18(10-21)25(33)34)24-13-23-14-30(6-3-7-31(23)29-24)26(35)36-15-17-8-19(27)12-20(28)9-17/h8-9,12-13,16,18,21-22H,2-7,10-11,14-15H2,1H3,(H,33,34). The molecule has 194 valence electrons. The molecular formula is C26H32Cl2N4O4. The Hall–Kier alpha value is -2.29. The van der Waals surface area contributed by atoms with Crippen molar-refractivity contribution in [1.82, 2.24) is 19.6 Å². The Morgan fingerprint density at radius 1 is 1.08 bits per heavy atom. The molecule has 2 bridgehead atoms. The number of aromatic nitrogens is 2. The first kappa shape index (κ1) is 25.4. The summed E-state index contributed by atoms with van der Waals surface area (Å²) in [6, 6.07) is 7.88. The molecule has 3 aliphatic rings. The summed E-state index contributed by atoms with van der Waals surface area (Å²) in [5, 5.41) is 15.5. The second-order valence-electron chi connectivity index (χ2n) is 10.3. The van der Waals surface area contributed by atoms with E-state index in [1.54, 1.807) is 23.1 Å². The molecule has 2 fully saturated rings. The number of carbonyl (C=O) groups excluding carboxylic acids is 1. The number of benzene rings is 1. The van der Waals surface area contributed by atoms with Crippen LogP contribution in [0, 0.1) is 5.92 Å². The van der Waals surface area contributed by atoms with Gasteiger partial charge in [-0.05, 0) is 68.9 Å².